The van der Waals surface area contributed by atoms with Crippen LogP contribution in [0.1, 0.15) is 0 Å². The van der Waals surface area contributed by atoms with Crippen LogP contribution in [-0.2, 0) is 0 Å². The molecule has 1 aromatic rings. The van der Waals surface area contributed by atoms with Gasteiger partial charge in [-0.2, -0.15) is 4.68 Å². The number of nitrogen functional groups attached to an aromatic ring is 1. The molecule has 0 atom stereocenters. The van der Waals surface area contributed by atoms with Crippen molar-refractivity contribution in [2.75, 3.05) is 5.73 Å². The lowest BCUT2D eigenvalue weighted by Gasteiger charge is -1.94. The molecule has 0 spiro atoms. The van der Waals surface area contributed by atoms with E-state index in [4.69, 9.17) is 11.5 Å². The predicted octanol–water partition coefficient (Wildman–Crippen LogP) is -1.31. The molecule has 1 amide bonds. The lowest BCUT2D eigenvalue weighted by atomic mass is 10.6. The molecule has 0 aliphatic heterocycles. The molecule has 5 N–H and O–H groups in total. The van der Waals surface area contributed by atoms with Gasteiger partial charge in [0.05, 0.1) is 0 Å². The molecule has 6 heteroatoms. The minimum atomic E-state index is -0.806. The summed E-state index contributed by atoms with van der Waals surface area (Å²) in [6.07, 6.45) is 0. The molecule has 0 radical (unpaired) electrons. The number of rotatable bonds is 0. The first kappa shape index (κ1) is 6.40. The molecule has 0 fully saturated rings. The zero-order valence-electron chi connectivity index (χ0n) is 5.00. The summed E-state index contributed by atoms with van der Waals surface area (Å²) >= 11 is 0. The third-order valence-corrected chi connectivity index (χ3v) is 0.980. The van der Waals surface area contributed by atoms with Crippen molar-refractivity contribution in [2.24, 2.45) is 5.73 Å². The number of nitrogens with zero attached hydrogens (tertiary/aromatic N) is 1. The van der Waals surface area contributed by atoms with Crippen molar-refractivity contribution >= 4 is 11.8 Å². The van der Waals surface area contributed by atoms with Crippen molar-refractivity contribution in [1.29, 1.82) is 0 Å². The number of amides is 1. The molecule has 0 saturated heterocycles. The molecule has 1 heterocycles. The Morgan fingerprint density at radius 1 is 1.70 bits per heavy atom. The second-order valence-corrected chi connectivity index (χ2v) is 1.72. The first-order valence-corrected chi connectivity index (χ1v) is 2.48. The van der Waals surface area contributed by atoms with Gasteiger partial charge in [-0.05, 0) is 0 Å². The number of anilines is 1. The van der Waals surface area contributed by atoms with Crippen LogP contribution in [0.3, 0.4) is 0 Å². The third-order valence-electron chi connectivity index (χ3n) is 0.980. The SMILES string of the molecule is NC(=O)n1[nH]c(=O)cc1N. The number of aromatic amines is 1. The Bertz CT molecular complexity index is 309. The van der Waals surface area contributed by atoms with E-state index in [1.165, 1.54) is 0 Å². The average Bonchev–Trinajstić information content (AvgIpc) is 2.10. The zero-order chi connectivity index (χ0) is 7.72. The molecular formula is C4H6N4O2. The van der Waals surface area contributed by atoms with Gasteiger partial charge in [-0.25, -0.2) is 4.79 Å². The van der Waals surface area contributed by atoms with Crippen molar-refractivity contribution in [3.05, 3.63) is 16.4 Å². The molecule has 10 heavy (non-hydrogen) atoms. The van der Waals surface area contributed by atoms with E-state index in [0.29, 0.717) is 0 Å². The Hall–Kier alpha value is -1.72. The summed E-state index contributed by atoms with van der Waals surface area (Å²) in [6, 6.07) is 0.268. The van der Waals surface area contributed by atoms with Gasteiger partial charge in [-0.3, -0.25) is 9.89 Å². The van der Waals surface area contributed by atoms with Gasteiger partial charge in [0.1, 0.15) is 5.82 Å². The van der Waals surface area contributed by atoms with E-state index in [-0.39, 0.29) is 5.82 Å². The van der Waals surface area contributed by atoms with Crippen molar-refractivity contribution < 1.29 is 4.79 Å². The Labute approximate surface area is 55.4 Å². The molecule has 6 nitrogen and oxygen atoms in total. The summed E-state index contributed by atoms with van der Waals surface area (Å²) in [5.41, 5.74) is 9.53. The molecule has 1 aromatic heterocycles. The molecule has 0 saturated carbocycles. The van der Waals surface area contributed by atoms with Gasteiger partial charge < -0.3 is 11.5 Å². The number of hydrogen-bond acceptors (Lipinski definition) is 3. The molecule has 0 unspecified atom stereocenters. The Balaban J connectivity index is 3.28. The van der Waals surface area contributed by atoms with E-state index in [9.17, 15) is 9.59 Å². The van der Waals surface area contributed by atoms with Gasteiger partial charge in [-0.1, -0.05) is 0 Å². The van der Waals surface area contributed by atoms with Crippen LogP contribution < -0.4 is 17.0 Å². The van der Waals surface area contributed by atoms with Crippen molar-refractivity contribution in [3.8, 4) is 0 Å². The van der Waals surface area contributed by atoms with E-state index in [2.05, 4.69) is 5.10 Å². The first-order chi connectivity index (χ1) is 4.61. The van der Waals surface area contributed by atoms with Crippen LogP contribution in [0.25, 0.3) is 0 Å². The molecule has 0 aromatic carbocycles. The van der Waals surface area contributed by atoms with Crippen LogP contribution in [0.4, 0.5) is 10.6 Å². The van der Waals surface area contributed by atoms with Crippen LogP contribution >= 0.6 is 0 Å². The van der Waals surface area contributed by atoms with Crippen LogP contribution in [0, 0.1) is 0 Å². The summed E-state index contributed by atoms with van der Waals surface area (Å²) in [4.78, 5) is 20.8. The summed E-state index contributed by atoms with van der Waals surface area (Å²) in [5.74, 6) is 0.0116. The number of carbonyl (C=O) groups excluding carboxylic acids is 1. The molecule has 0 bridgehead atoms. The van der Waals surface area contributed by atoms with Gasteiger partial charge in [-0.15, -0.1) is 0 Å². The van der Waals surface area contributed by atoms with E-state index in [1.54, 1.807) is 0 Å². The first-order valence-electron chi connectivity index (χ1n) is 2.48. The minimum absolute atomic E-state index is 0.0116. The standard InChI is InChI=1S/C4H6N4O2/c5-2-1-3(9)7-8(2)4(6)10/h1H,5H2,(H2,6,10)(H,7,9). The maximum Gasteiger partial charge on any atom is 0.339 e. The molecule has 0 aliphatic rings. The highest BCUT2D eigenvalue weighted by Gasteiger charge is 2.02. The Morgan fingerprint density at radius 3 is 2.50 bits per heavy atom. The largest absolute Gasteiger partial charge is 0.383 e. The van der Waals surface area contributed by atoms with Crippen LogP contribution in [0.2, 0.25) is 0 Å². The highest BCUT2D eigenvalue weighted by atomic mass is 16.2. The maximum atomic E-state index is 10.5. The number of H-pyrrole nitrogens is 1. The number of nitrogens with one attached hydrogen (secondary N) is 1. The van der Waals surface area contributed by atoms with Gasteiger partial charge >= 0.3 is 6.03 Å². The Kier molecular flexibility index (Phi) is 1.22. The fraction of sp³-hybridized carbons (Fsp3) is 0. The summed E-state index contributed by atoms with van der Waals surface area (Å²) in [6.45, 7) is 0. The normalized spacial score (nSPS) is 9.60. The fourth-order valence-corrected chi connectivity index (χ4v) is 0.588. The van der Waals surface area contributed by atoms with Crippen LogP contribution in [0.5, 0.6) is 0 Å². The lowest BCUT2D eigenvalue weighted by Crippen LogP contribution is -2.23. The second-order valence-electron chi connectivity index (χ2n) is 1.72. The number of hydrogen-bond donors (Lipinski definition) is 3. The highest BCUT2D eigenvalue weighted by Crippen LogP contribution is 1.91. The van der Waals surface area contributed by atoms with Crippen LogP contribution in [0.15, 0.2) is 10.9 Å². The number of carbonyl (C=O) groups is 1. The van der Waals surface area contributed by atoms with Crippen molar-refractivity contribution in [2.45, 2.75) is 0 Å². The van der Waals surface area contributed by atoms with E-state index in [0.717, 1.165) is 10.7 Å². The second kappa shape index (κ2) is 1.90. The Morgan fingerprint density at radius 2 is 2.30 bits per heavy atom. The molecular weight excluding hydrogens is 136 g/mol. The molecule has 0 aliphatic carbocycles. The summed E-state index contributed by atoms with van der Waals surface area (Å²) in [7, 11) is 0. The number of aromatic nitrogens is 2. The smallest absolute Gasteiger partial charge is 0.339 e. The fourth-order valence-electron chi connectivity index (χ4n) is 0.588. The van der Waals surface area contributed by atoms with Gasteiger partial charge in [0.2, 0.25) is 0 Å². The monoisotopic (exact) mass is 142 g/mol. The number of nitrogens with two attached hydrogens (primary N) is 2. The van der Waals surface area contributed by atoms with Crippen LogP contribution in [-0.4, -0.2) is 15.8 Å². The van der Waals surface area contributed by atoms with Crippen molar-refractivity contribution in [1.82, 2.24) is 9.78 Å². The van der Waals surface area contributed by atoms with E-state index >= 15 is 0 Å². The predicted molar refractivity (Wildman–Crippen MR) is 34.4 cm³/mol. The van der Waals surface area contributed by atoms with E-state index in [1.807, 2.05) is 0 Å². The minimum Gasteiger partial charge on any atom is -0.383 e. The quantitative estimate of drug-likeness (QED) is 0.418. The number of primary amides is 1. The highest BCUT2D eigenvalue weighted by molar-refractivity contribution is 5.76. The average molecular weight is 142 g/mol. The lowest BCUT2D eigenvalue weighted by molar-refractivity contribution is 0.248. The van der Waals surface area contributed by atoms with Gasteiger partial charge in [0, 0.05) is 6.07 Å². The summed E-state index contributed by atoms with van der Waals surface area (Å²) < 4.78 is 0.766. The van der Waals surface area contributed by atoms with Crippen molar-refractivity contribution in [3.63, 3.8) is 0 Å². The zero-order valence-corrected chi connectivity index (χ0v) is 5.00. The molecule has 1 rings (SSSR count). The summed E-state index contributed by atoms with van der Waals surface area (Å²) in [5, 5.41) is 2.11. The third kappa shape index (κ3) is 0.859. The van der Waals surface area contributed by atoms with Gasteiger partial charge in [0.25, 0.3) is 5.56 Å². The maximum absolute atomic E-state index is 10.5. The topological polar surface area (TPSA) is 107 Å². The molecule has 54 valence electrons. The van der Waals surface area contributed by atoms with E-state index < -0.39 is 11.6 Å². The van der Waals surface area contributed by atoms with Gasteiger partial charge in [0.15, 0.2) is 0 Å².